The second kappa shape index (κ2) is 12.6. The zero-order valence-corrected chi connectivity index (χ0v) is 20.1. The molecular formula is C23H33N5O4S. The number of non-ortho nitro benzene ring substituents is 1. The van der Waals surface area contributed by atoms with Gasteiger partial charge >= 0.3 is 0 Å². The van der Waals surface area contributed by atoms with E-state index in [1.54, 1.807) is 16.8 Å². The predicted molar refractivity (Wildman–Crippen MR) is 128 cm³/mol. The molecule has 1 aromatic carbocycles. The number of carbonyl (C=O) groups excluding carboxylic acids is 1. The molecule has 2 heterocycles. The molecule has 0 atom stereocenters. The highest BCUT2D eigenvalue weighted by molar-refractivity contribution is 7.71. The van der Waals surface area contributed by atoms with Crippen molar-refractivity contribution in [3.63, 3.8) is 0 Å². The summed E-state index contributed by atoms with van der Waals surface area (Å²) in [4.78, 5) is 27.3. The van der Waals surface area contributed by atoms with E-state index in [4.69, 9.17) is 16.6 Å². The van der Waals surface area contributed by atoms with Crippen molar-refractivity contribution in [2.75, 3.05) is 26.2 Å². The molecular weight excluding hydrogens is 442 g/mol. The van der Waals surface area contributed by atoms with Gasteiger partial charge in [-0.15, -0.1) is 5.10 Å². The molecule has 0 N–H and O–H groups in total. The van der Waals surface area contributed by atoms with Gasteiger partial charge in [0.1, 0.15) is 0 Å². The Morgan fingerprint density at radius 2 is 1.70 bits per heavy atom. The lowest BCUT2D eigenvalue weighted by atomic mass is 10.1. The maximum Gasteiger partial charge on any atom is 0.288 e. The number of nitro groups is 1. The van der Waals surface area contributed by atoms with Crippen LogP contribution in [0.3, 0.4) is 0 Å². The first kappa shape index (κ1) is 25.0. The maximum absolute atomic E-state index is 12.5. The summed E-state index contributed by atoms with van der Waals surface area (Å²) in [7, 11) is 0. The Morgan fingerprint density at radius 3 is 2.33 bits per heavy atom. The Hall–Kier alpha value is -2.59. The number of unbranched alkanes of at least 4 members (excludes halogenated alkanes) is 6. The Labute approximate surface area is 199 Å². The van der Waals surface area contributed by atoms with E-state index in [-0.39, 0.29) is 16.4 Å². The van der Waals surface area contributed by atoms with Gasteiger partial charge in [0.05, 0.1) is 11.6 Å². The summed E-state index contributed by atoms with van der Waals surface area (Å²) in [6.45, 7) is 5.62. The van der Waals surface area contributed by atoms with Crippen LogP contribution in [0.15, 0.2) is 28.7 Å². The zero-order valence-electron chi connectivity index (χ0n) is 19.3. The van der Waals surface area contributed by atoms with Crippen molar-refractivity contribution in [1.29, 1.82) is 0 Å². The molecule has 2 aromatic rings. The van der Waals surface area contributed by atoms with Crippen LogP contribution >= 0.6 is 12.2 Å². The van der Waals surface area contributed by atoms with E-state index >= 15 is 0 Å². The quantitative estimate of drug-likeness (QED) is 0.184. The van der Waals surface area contributed by atoms with E-state index in [9.17, 15) is 14.9 Å². The van der Waals surface area contributed by atoms with Crippen LogP contribution in [0, 0.1) is 15.0 Å². The second-order valence-electron chi connectivity index (χ2n) is 8.49. The molecule has 180 valence electrons. The van der Waals surface area contributed by atoms with Crippen molar-refractivity contribution in [1.82, 2.24) is 19.6 Å². The number of carbonyl (C=O) groups is 1. The fourth-order valence-electron chi connectivity index (χ4n) is 3.96. The van der Waals surface area contributed by atoms with Crippen LogP contribution in [0.25, 0.3) is 11.5 Å². The summed E-state index contributed by atoms with van der Waals surface area (Å²) in [5, 5.41) is 15.3. The maximum atomic E-state index is 12.5. The van der Waals surface area contributed by atoms with Crippen LogP contribution in [-0.4, -0.2) is 56.6 Å². The molecule has 1 saturated heterocycles. The van der Waals surface area contributed by atoms with Gasteiger partial charge in [0.2, 0.25) is 11.8 Å². The number of nitrogens with zero attached hydrogens (tertiary/aromatic N) is 5. The number of piperazine rings is 1. The smallest absolute Gasteiger partial charge is 0.288 e. The molecule has 0 saturated carbocycles. The third kappa shape index (κ3) is 7.46. The summed E-state index contributed by atoms with van der Waals surface area (Å²) in [5.41, 5.74) is 0.641. The first-order valence-electron chi connectivity index (χ1n) is 11.8. The zero-order chi connectivity index (χ0) is 23.6. The number of nitro benzene ring substituents is 1. The largest absolute Gasteiger partial charge is 0.409 e. The normalized spacial score (nSPS) is 14.5. The number of hydrogen-bond acceptors (Lipinski definition) is 7. The lowest BCUT2D eigenvalue weighted by Crippen LogP contribution is -2.49. The van der Waals surface area contributed by atoms with Crippen LogP contribution in [0.5, 0.6) is 0 Å². The van der Waals surface area contributed by atoms with Crippen LogP contribution in [0.1, 0.15) is 58.3 Å². The van der Waals surface area contributed by atoms with Gasteiger partial charge in [-0.2, -0.15) is 0 Å². The number of hydrogen-bond donors (Lipinski definition) is 0. The molecule has 0 bridgehead atoms. The summed E-state index contributed by atoms with van der Waals surface area (Å²) in [6, 6.07) is 6.02. The van der Waals surface area contributed by atoms with Crippen LogP contribution in [0.4, 0.5) is 5.69 Å². The number of amides is 1. The molecule has 0 aliphatic carbocycles. The first-order valence-corrected chi connectivity index (χ1v) is 12.2. The van der Waals surface area contributed by atoms with E-state index in [2.05, 4.69) is 16.9 Å². The Kier molecular flexibility index (Phi) is 9.56. The van der Waals surface area contributed by atoms with Gasteiger partial charge in [0.15, 0.2) is 0 Å². The molecule has 3 rings (SSSR count). The minimum atomic E-state index is -0.447. The molecule has 9 nitrogen and oxygen atoms in total. The van der Waals surface area contributed by atoms with Gasteiger partial charge in [-0.25, -0.2) is 4.68 Å². The van der Waals surface area contributed by atoms with E-state index in [0.29, 0.717) is 37.6 Å². The van der Waals surface area contributed by atoms with E-state index in [1.807, 2.05) is 4.90 Å². The molecule has 1 aliphatic rings. The van der Waals surface area contributed by atoms with Gasteiger partial charge in [0, 0.05) is 50.3 Å². The number of benzene rings is 1. The minimum absolute atomic E-state index is 0.0103. The third-order valence-corrected chi connectivity index (χ3v) is 6.28. The summed E-state index contributed by atoms with van der Waals surface area (Å²) in [6.07, 6.45) is 9.12. The lowest BCUT2D eigenvalue weighted by Gasteiger charge is -2.34. The summed E-state index contributed by atoms with van der Waals surface area (Å²) in [5.74, 6) is 0.583. The number of rotatable bonds is 12. The van der Waals surface area contributed by atoms with Crippen LogP contribution in [0.2, 0.25) is 0 Å². The Morgan fingerprint density at radius 1 is 1.06 bits per heavy atom. The number of aromatic nitrogens is 2. The van der Waals surface area contributed by atoms with Crippen molar-refractivity contribution >= 4 is 23.8 Å². The van der Waals surface area contributed by atoms with Crippen molar-refractivity contribution in [2.45, 2.75) is 65.0 Å². The van der Waals surface area contributed by atoms with Gasteiger partial charge < -0.3 is 9.32 Å². The van der Waals surface area contributed by atoms with Gasteiger partial charge in [-0.3, -0.25) is 19.8 Å². The average Bonchev–Trinajstić information content (AvgIpc) is 3.19. The highest BCUT2D eigenvalue weighted by Gasteiger charge is 2.22. The SMILES string of the molecule is CCCCCCCCCC(=O)N1CCN(Cn2nc(-c3ccc([N+](=O)[O-])cc3)oc2=S)CC1. The fraction of sp³-hybridized carbons (Fsp3) is 0.609. The van der Waals surface area contributed by atoms with Crippen molar-refractivity contribution < 1.29 is 14.1 Å². The molecule has 1 amide bonds. The highest BCUT2D eigenvalue weighted by Crippen LogP contribution is 2.21. The molecule has 0 unspecified atom stereocenters. The second-order valence-corrected chi connectivity index (χ2v) is 8.84. The Balaban J connectivity index is 1.42. The average molecular weight is 476 g/mol. The minimum Gasteiger partial charge on any atom is -0.409 e. The van der Waals surface area contributed by atoms with E-state index < -0.39 is 4.92 Å². The highest BCUT2D eigenvalue weighted by atomic mass is 32.1. The van der Waals surface area contributed by atoms with E-state index in [0.717, 1.165) is 25.9 Å². The van der Waals surface area contributed by atoms with Crippen LogP contribution < -0.4 is 0 Å². The van der Waals surface area contributed by atoms with Crippen molar-refractivity contribution in [2.24, 2.45) is 0 Å². The van der Waals surface area contributed by atoms with Gasteiger partial charge in [-0.05, 0) is 30.8 Å². The lowest BCUT2D eigenvalue weighted by molar-refractivity contribution is -0.384. The summed E-state index contributed by atoms with van der Waals surface area (Å²) < 4.78 is 7.21. The first-order chi connectivity index (χ1) is 16.0. The monoisotopic (exact) mass is 475 g/mol. The summed E-state index contributed by atoms with van der Waals surface area (Å²) >= 11 is 5.30. The van der Waals surface area contributed by atoms with Crippen molar-refractivity contribution in [3.05, 3.63) is 39.2 Å². The Bertz CT molecular complexity index is 964. The molecule has 10 heteroatoms. The topological polar surface area (TPSA) is 97.7 Å². The van der Waals surface area contributed by atoms with Crippen LogP contribution in [-0.2, 0) is 11.5 Å². The van der Waals surface area contributed by atoms with Gasteiger partial charge in [0.25, 0.3) is 10.5 Å². The predicted octanol–water partition coefficient (Wildman–Crippen LogP) is 5.02. The third-order valence-electron chi connectivity index (χ3n) is 5.98. The molecule has 1 aromatic heterocycles. The van der Waals surface area contributed by atoms with E-state index in [1.165, 1.54) is 44.2 Å². The molecule has 33 heavy (non-hydrogen) atoms. The molecule has 1 fully saturated rings. The molecule has 0 radical (unpaired) electrons. The van der Waals surface area contributed by atoms with Crippen molar-refractivity contribution in [3.8, 4) is 11.5 Å². The molecule has 1 aliphatic heterocycles. The molecule has 0 spiro atoms. The van der Waals surface area contributed by atoms with Gasteiger partial charge in [-0.1, -0.05) is 45.4 Å². The standard InChI is InChI=1S/C23H33N5O4S/c1-2-3-4-5-6-7-8-9-21(29)26-16-14-25(15-17-26)18-27-23(33)32-22(24-27)19-10-12-20(13-11-19)28(30)31/h10-13H,2-9,14-18H2,1H3. The fourth-order valence-corrected chi connectivity index (χ4v) is 4.14.